The number of benzene rings is 1. The van der Waals surface area contributed by atoms with E-state index < -0.39 is 0 Å². The number of thiol groups is 1. The van der Waals surface area contributed by atoms with E-state index >= 15 is 0 Å². The smallest absolute Gasteiger partial charge is 0.0302 e. The lowest BCUT2D eigenvalue weighted by molar-refractivity contribution is 0.0382. The lowest BCUT2D eigenvalue weighted by atomic mass is 9.77. The second-order valence-corrected chi connectivity index (χ2v) is 7.25. The van der Waals surface area contributed by atoms with Crippen LogP contribution in [0.2, 0.25) is 0 Å². The Kier molecular flexibility index (Phi) is 5.62. The van der Waals surface area contributed by atoms with Gasteiger partial charge in [-0.25, -0.2) is 0 Å². The first-order valence-electron chi connectivity index (χ1n) is 8.91. The number of nitrogens with zero attached hydrogens (tertiary/aromatic N) is 2. The maximum atomic E-state index is 4.34. The third kappa shape index (κ3) is 3.52. The van der Waals surface area contributed by atoms with E-state index in [-0.39, 0.29) is 0 Å². The van der Waals surface area contributed by atoms with Crippen LogP contribution < -0.4 is 0 Å². The van der Waals surface area contributed by atoms with Gasteiger partial charge in [0.05, 0.1) is 0 Å². The topological polar surface area (TPSA) is 15.6 Å². The van der Waals surface area contributed by atoms with Crippen molar-refractivity contribution in [2.45, 2.75) is 44.7 Å². The van der Waals surface area contributed by atoms with Crippen molar-refractivity contribution in [3.63, 3.8) is 0 Å². The van der Waals surface area contributed by atoms with E-state index in [2.05, 4.69) is 60.3 Å². The van der Waals surface area contributed by atoms with Gasteiger partial charge in [0.25, 0.3) is 0 Å². The highest BCUT2D eigenvalue weighted by Gasteiger charge is 2.40. The highest BCUT2D eigenvalue weighted by atomic mass is 32.1. The third-order valence-corrected chi connectivity index (χ3v) is 5.78. The molecule has 1 aliphatic carbocycles. The van der Waals surface area contributed by atoms with Crippen molar-refractivity contribution in [3.05, 3.63) is 47.5 Å². The molecule has 1 aromatic rings. The summed E-state index contributed by atoms with van der Waals surface area (Å²) in [5.74, 6) is 0.783. The molecule has 2 unspecified atom stereocenters. The second-order valence-electron chi connectivity index (χ2n) is 6.94. The molecule has 1 fully saturated rings. The van der Waals surface area contributed by atoms with Crippen LogP contribution in [0, 0.1) is 6.92 Å². The molecule has 128 valence electrons. The monoisotopic (exact) mass is 340 g/mol. The number of hydrogen-bond donors (Lipinski definition) is 1. The van der Waals surface area contributed by atoms with Gasteiger partial charge in [-0.1, -0.05) is 42.5 Å². The minimum absolute atomic E-state index is 0.621. The molecule has 2 atom stereocenters. The van der Waals surface area contributed by atoms with Crippen molar-refractivity contribution in [1.82, 2.24) is 4.90 Å². The zero-order valence-corrected chi connectivity index (χ0v) is 15.7. The highest BCUT2D eigenvalue weighted by molar-refractivity contribution is 7.81. The molecule has 0 N–H and O–H groups in total. The Morgan fingerprint density at radius 2 is 2.29 bits per heavy atom. The molecule has 1 saturated heterocycles. The Hall–Kier alpha value is -1.32. The normalized spacial score (nSPS) is 23.6. The highest BCUT2D eigenvalue weighted by Crippen LogP contribution is 2.41. The molecular weight excluding hydrogens is 312 g/mol. The molecule has 0 aromatic heterocycles. The van der Waals surface area contributed by atoms with Crippen LogP contribution in [0.1, 0.15) is 42.4 Å². The van der Waals surface area contributed by atoms with Gasteiger partial charge in [-0.05, 0) is 55.9 Å². The van der Waals surface area contributed by atoms with Gasteiger partial charge in [0, 0.05) is 30.6 Å². The summed E-state index contributed by atoms with van der Waals surface area (Å²) in [4.78, 5) is 6.96. The van der Waals surface area contributed by atoms with Gasteiger partial charge >= 0.3 is 0 Å². The van der Waals surface area contributed by atoms with Crippen LogP contribution in [0.25, 0.3) is 11.6 Å². The van der Waals surface area contributed by atoms with Crippen LogP contribution in [-0.4, -0.2) is 42.0 Å². The van der Waals surface area contributed by atoms with Crippen LogP contribution in [0.4, 0.5) is 0 Å². The van der Waals surface area contributed by atoms with Crippen LogP contribution in [-0.2, 0) is 0 Å². The molecule has 0 spiro atoms. The predicted octanol–water partition coefficient (Wildman–Crippen LogP) is 4.65. The zero-order chi connectivity index (χ0) is 17.1. The largest absolute Gasteiger partial charge is 0.297 e. The van der Waals surface area contributed by atoms with Gasteiger partial charge in [-0.2, -0.15) is 12.6 Å². The first-order valence-corrected chi connectivity index (χ1v) is 9.54. The lowest BCUT2D eigenvalue weighted by Gasteiger charge is -2.52. The summed E-state index contributed by atoms with van der Waals surface area (Å²) in [5.41, 5.74) is 6.67. The van der Waals surface area contributed by atoms with Crippen molar-refractivity contribution in [2.24, 2.45) is 4.99 Å². The summed E-state index contributed by atoms with van der Waals surface area (Å²) in [6.45, 7) is 7.31. The van der Waals surface area contributed by atoms with Gasteiger partial charge < -0.3 is 0 Å². The molecule has 2 aliphatic heterocycles. The molecule has 0 amide bonds. The molecule has 2 nitrogen and oxygen atoms in total. The molecule has 3 heteroatoms. The summed E-state index contributed by atoms with van der Waals surface area (Å²) in [5, 5.41) is 0. The van der Waals surface area contributed by atoms with Crippen LogP contribution in [0.15, 0.2) is 35.8 Å². The fraction of sp³-hybridized carbons (Fsp3) is 0.476. The Balaban J connectivity index is 1.65. The molecule has 0 radical (unpaired) electrons. The number of rotatable bonds is 7. The van der Waals surface area contributed by atoms with Crippen molar-refractivity contribution < 1.29 is 0 Å². The molecule has 24 heavy (non-hydrogen) atoms. The fourth-order valence-corrected chi connectivity index (χ4v) is 4.32. The first kappa shape index (κ1) is 17.5. The van der Waals surface area contributed by atoms with Crippen molar-refractivity contribution in [3.8, 4) is 0 Å². The second kappa shape index (κ2) is 7.71. The van der Waals surface area contributed by atoms with Crippen molar-refractivity contribution in [2.75, 3.05) is 19.3 Å². The maximum Gasteiger partial charge on any atom is 0.0302 e. The molecule has 4 rings (SSSR count). The Morgan fingerprint density at radius 3 is 2.92 bits per heavy atom. The van der Waals surface area contributed by atoms with E-state index in [1.165, 1.54) is 53.8 Å². The quantitative estimate of drug-likeness (QED) is 0.564. The Bertz CT molecular complexity index is 674. The summed E-state index contributed by atoms with van der Waals surface area (Å²) in [6, 6.07) is 8.06. The predicted molar refractivity (Wildman–Crippen MR) is 109 cm³/mol. The van der Waals surface area contributed by atoms with Crippen LogP contribution >= 0.6 is 12.6 Å². The Morgan fingerprint density at radius 1 is 1.46 bits per heavy atom. The summed E-state index contributed by atoms with van der Waals surface area (Å²) in [7, 11) is 1.87. The lowest BCUT2D eigenvalue weighted by Crippen LogP contribution is -2.57. The van der Waals surface area contributed by atoms with E-state index in [0.29, 0.717) is 12.1 Å². The third-order valence-electron chi connectivity index (χ3n) is 5.41. The number of hydrogen-bond acceptors (Lipinski definition) is 3. The van der Waals surface area contributed by atoms with Gasteiger partial charge in [0.1, 0.15) is 0 Å². The Labute approximate surface area is 151 Å². The maximum absolute atomic E-state index is 4.34. The molecule has 3 aliphatic rings. The zero-order valence-electron chi connectivity index (χ0n) is 14.8. The number of fused-ring (bicyclic) bond motifs is 1. The van der Waals surface area contributed by atoms with Gasteiger partial charge in [-0.15, -0.1) is 0 Å². The summed E-state index contributed by atoms with van der Waals surface area (Å²) in [6.07, 6.45) is 9.23. The first-order chi connectivity index (χ1) is 11.7. The number of aryl methyl sites for hydroxylation is 1. The van der Waals surface area contributed by atoms with Gasteiger partial charge in [0.15, 0.2) is 0 Å². The van der Waals surface area contributed by atoms with Crippen molar-refractivity contribution >= 4 is 30.0 Å². The van der Waals surface area contributed by atoms with Gasteiger partial charge in [-0.3, -0.25) is 9.89 Å². The number of aliphatic imine (C=N–C) groups is 1. The average Bonchev–Trinajstić information content (AvgIpc) is 2.61. The van der Waals surface area contributed by atoms with Gasteiger partial charge in [0.2, 0.25) is 0 Å². The van der Waals surface area contributed by atoms with E-state index in [4.69, 9.17) is 0 Å². The minimum Gasteiger partial charge on any atom is -0.297 e. The molecule has 2 bridgehead atoms. The summed E-state index contributed by atoms with van der Waals surface area (Å²) >= 11 is 4.34. The SMILES string of the molecule is C=Cc1cc(C)ccc1C1=CC2CC(C1)N2CCCC(CS)=NC. The van der Waals surface area contributed by atoms with Crippen LogP contribution in [0.3, 0.4) is 0 Å². The molecule has 2 heterocycles. The summed E-state index contributed by atoms with van der Waals surface area (Å²) < 4.78 is 0. The molecular formula is C21H28N2S. The van der Waals surface area contributed by atoms with E-state index in [9.17, 15) is 0 Å². The van der Waals surface area contributed by atoms with E-state index in [0.717, 1.165) is 12.2 Å². The van der Waals surface area contributed by atoms with Crippen molar-refractivity contribution in [1.29, 1.82) is 0 Å². The molecule has 0 saturated carbocycles. The van der Waals surface area contributed by atoms with E-state index in [1.54, 1.807) is 0 Å². The standard InChI is InChI=1S/C21H28N2S/c1-4-16-10-15(2)7-8-21(16)17-11-19-13-20(12-17)23(19)9-5-6-18(14-24)22-3/h4,7-8,10-11,19-20,24H,1,5-6,9,12-14H2,2-3H3. The van der Waals surface area contributed by atoms with Crippen LogP contribution in [0.5, 0.6) is 0 Å². The van der Waals surface area contributed by atoms with E-state index in [1.807, 2.05) is 13.1 Å². The minimum atomic E-state index is 0.621. The molecule has 1 aromatic carbocycles. The fourth-order valence-electron chi connectivity index (χ4n) is 4.02. The average molecular weight is 341 g/mol.